The normalized spacial score (nSPS) is 18.1. The Morgan fingerprint density at radius 3 is 3.00 bits per heavy atom. The first kappa shape index (κ1) is 12.6. The number of ether oxygens (including phenoxy) is 1. The Hall–Kier alpha value is -0.870. The minimum atomic E-state index is 0.231. The van der Waals surface area contributed by atoms with Crippen LogP contribution in [0.25, 0.3) is 0 Å². The van der Waals surface area contributed by atoms with Gasteiger partial charge in [0.2, 0.25) is 0 Å². The van der Waals surface area contributed by atoms with E-state index in [2.05, 4.69) is 24.1 Å². The van der Waals surface area contributed by atoms with Crippen molar-refractivity contribution in [3.63, 3.8) is 0 Å². The molecule has 0 saturated heterocycles. The fourth-order valence-corrected chi connectivity index (χ4v) is 2.49. The van der Waals surface area contributed by atoms with E-state index in [0.29, 0.717) is 0 Å². The molecule has 4 heteroatoms. The lowest BCUT2D eigenvalue weighted by atomic mass is 9.78. The lowest BCUT2D eigenvalue weighted by Crippen LogP contribution is -2.24. The monoisotopic (exact) mass is 237 g/mol. The molecule has 96 valence electrons. The number of aromatic amines is 1. The molecule has 1 aromatic rings. The van der Waals surface area contributed by atoms with Gasteiger partial charge in [0, 0.05) is 24.8 Å². The Kier molecular flexibility index (Phi) is 3.84. The number of hydrogen-bond acceptors (Lipinski definition) is 3. The fraction of sp³-hybridized carbons (Fsp3) is 0.769. The quantitative estimate of drug-likeness (QED) is 0.767. The van der Waals surface area contributed by atoms with Crippen molar-refractivity contribution in [2.45, 2.75) is 45.1 Å². The van der Waals surface area contributed by atoms with Gasteiger partial charge in [0.25, 0.3) is 0 Å². The van der Waals surface area contributed by atoms with Crippen LogP contribution in [0.2, 0.25) is 0 Å². The summed E-state index contributed by atoms with van der Waals surface area (Å²) in [5, 5.41) is 3.32. The zero-order valence-electron chi connectivity index (χ0n) is 11.1. The summed E-state index contributed by atoms with van der Waals surface area (Å²) >= 11 is 0. The highest BCUT2D eigenvalue weighted by molar-refractivity contribution is 5.26. The van der Waals surface area contributed by atoms with Crippen LogP contribution in [0, 0.1) is 0 Å². The molecule has 0 atom stereocenters. The summed E-state index contributed by atoms with van der Waals surface area (Å²) in [4.78, 5) is 8.19. The molecule has 2 N–H and O–H groups in total. The third-order valence-corrected chi connectivity index (χ3v) is 3.47. The molecule has 0 aromatic carbocycles. The lowest BCUT2D eigenvalue weighted by Gasteiger charge is -2.27. The van der Waals surface area contributed by atoms with Gasteiger partial charge in [-0.2, -0.15) is 0 Å². The van der Waals surface area contributed by atoms with E-state index in [9.17, 15) is 0 Å². The molecule has 2 rings (SSSR count). The van der Waals surface area contributed by atoms with E-state index in [1.807, 2.05) is 0 Å². The number of imidazole rings is 1. The molecule has 0 unspecified atom stereocenters. The topological polar surface area (TPSA) is 49.9 Å². The first-order valence-corrected chi connectivity index (χ1v) is 6.41. The molecule has 0 fully saturated rings. The van der Waals surface area contributed by atoms with Gasteiger partial charge in [-0.3, -0.25) is 0 Å². The van der Waals surface area contributed by atoms with Crippen molar-refractivity contribution in [2.75, 3.05) is 20.3 Å². The zero-order chi connectivity index (χ0) is 12.3. The second-order valence-corrected chi connectivity index (χ2v) is 5.42. The number of methoxy groups -OCH3 is 1. The average molecular weight is 237 g/mol. The van der Waals surface area contributed by atoms with Crippen molar-refractivity contribution < 1.29 is 4.74 Å². The number of aromatic nitrogens is 2. The van der Waals surface area contributed by atoms with E-state index >= 15 is 0 Å². The van der Waals surface area contributed by atoms with Gasteiger partial charge < -0.3 is 15.0 Å². The van der Waals surface area contributed by atoms with Crippen LogP contribution >= 0.6 is 0 Å². The number of aryl methyl sites for hydroxylation is 1. The Bertz CT molecular complexity index is 371. The minimum absolute atomic E-state index is 0.231. The number of H-pyrrole nitrogens is 1. The first-order valence-electron chi connectivity index (χ1n) is 6.41. The Labute approximate surface area is 103 Å². The molecule has 0 bridgehead atoms. The number of fused-ring (bicyclic) bond motifs is 1. The highest BCUT2D eigenvalue weighted by Crippen LogP contribution is 2.34. The minimum Gasteiger partial charge on any atom is -0.383 e. The van der Waals surface area contributed by atoms with Crippen molar-refractivity contribution in [2.24, 2.45) is 0 Å². The fourth-order valence-electron chi connectivity index (χ4n) is 2.49. The third-order valence-electron chi connectivity index (χ3n) is 3.47. The van der Waals surface area contributed by atoms with Crippen molar-refractivity contribution in [1.29, 1.82) is 0 Å². The SMILES string of the molecule is COCCNCc1nc2c([nH]1)CCCC2(C)C. The van der Waals surface area contributed by atoms with Crippen LogP contribution in [-0.2, 0) is 23.1 Å². The summed E-state index contributed by atoms with van der Waals surface area (Å²) in [6.07, 6.45) is 3.64. The summed E-state index contributed by atoms with van der Waals surface area (Å²) < 4.78 is 5.00. The van der Waals surface area contributed by atoms with Crippen molar-refractivity contribution in [3.8, 4) is 0 Å². The van der Waals surface area contributed by atoms with Gasteiger partial charge in [0.1, 0.15) is 5.82 Å². The maximum Gasteiger partial charge on any atom is 0.120 e. The molecule has 0 aliphatic heterocycles. The van der Waals surface area contributed by atoms with Gasteiger partial charge in [0.05, 0.1) is 18.8 Å². The maximum atomic E-state index is 5.00. The van der Waals surface area contributed by atoms with Gasteiger partial charge in [-0.15, -0.1) is 0 Å². The third kappa shape index (κ3) is 2.87. The van der Waals surface area contributed by atoms with Gasteiger partial charge in [-0.25, -0.2) is 4.98 Å². The van der Waals surface area contributed by atoms with Gasteiger partial charge in [-0.1, -0.05) is 13.8 Å². The molecule has 0 saturated carbocycles. The standard InChI is InChI=1S/C13H23N3O/c1-13(2)6-4-5-10-12(13)16-11(15-10)9-14-7-8-17-3/h14H,4-9H2,1-3H3,(H,15,16). The van der Waals surface area contributed by atoms with Crippen molar-refractivity contribution in [1.82, 2.24) is 15.3 Å². The van der Waals surface area contributed by atoms with Crippen LogP contribution in [-0.4, -0.2) is 30.2 Å². The van der Waals surface area contributed by atoms with Crippen molar-refractivity contribution in [3.05, 3.63) is 17.2 Å². The van der Waals surface area contributed by atoms with Gasteiger partial charge in [0.15, 0.2) is 0 Å². The van der Waals surface area contributed by atoms with Crippen LogP contribution in [0.1, 0.15) is 43.9 Å². The van der Waals surface area contributed by atoms with Gasteiger partial charge >= 0.3 is 0 Å². The molecule has 4 nitrogen and oxygen atoms in total. The van der Waals surface area contributed by atoms with Crippen LogP contribution in [0.15, 0.2) is 0 Å². The Balaban J connectivity index is 1.99. The number of hydrogen-bond donors (Lipinski definition) is 2. The molecule has 0 amide bonds. The highest BCUT2D eigenvalue weighted by atomic mass is 16.5. The molecule has 1 aliphatic carbocycles. The molecule has 1 aromatic heterocycles. The van der Waals surface area contributed by atoms with Crippen LogP contribution in [0.3, 0.4) is 0 Å². The lowest BCUT2D eigenvalue weighted by molar-refractivity contribution is 0.199. The molecule has 1 heterocycles. The second-order valence-electron chi connectivity index (χ2n) is 5.42. The highest BCUT2D eigenvalue weighted by Gasteiger charge is 2.30. The molecule has 0 radical (unpaired) electrons. The summed E-state index contributed by atoms with van der Waals surface area (Å²) in [5.74, 6) is 1.06. The van der Waals surface area contributed by atoms with E-state index in [-0.39, 0.29) is 5.41 Å². The molecule has 17 heavy (non-hydrogen) atoms. The Morgan fingerprint density at radius 1 is 1.47 bits per heavy atom. The Morgan fingerprint density at radius 2 is 2.29 bits per heavy atom. The van der Waals surface area contributed by atoms with Crippen LogP contribution in [0.4, 0.5) is 0 Å². The summed E-state index contributed by atoms with van der Waals surface area (Å²) in [6, 6.07) is 0. The van der Waals surface area contributed by atoms with E-state index in [4.69, 9.17) is 9.72 Å². The molecule has 1 aliphatic rings. The van der Waals surface area contributed by atoms with Crippen LogP contribution in [0.5, 0.6) is 0 Å². The predicted octanol–water partition coefficient (Wildman–Crippen LogP) is 1.76. The van der Waals surface area contributed by atoms with Crippen LogP contribution < -0.4 is 5.32 Å². The average Bonchev–Trinajstić information content (AvgIpc) is 2.69. The number of nitrogens with zero attached hydrogens (tertiary/aromatic N) is 1. The first-order chi connectivity index (χ1) is 8.13. The van der Waals surface area contributed by atoms with Gasteiger partial charge in [-0.05, 0) is 19.3 Å². The predicted molar refractivity (Wildman–Crippen MR) is 68.1 cm³/mol. The smallest absolute Gasteiger partial charge is 0.120 e. The van der Waals surface area contributed by atoms with Crippen molar-refractivity contribution >= 4 is 0 Å². The maximum absolute atomic E-state index is 5.00. The molecular weight excluding hydrogens is 214 g/mol. The van der Waals surface area contributed by atoms with E-state index in [1.165, 1.54) is 24.2 Å². The second kappa shape index (κ2) is 5.19. The summed E-state index contributed by atoms with van der Waals surface area (Å²) in [6.45, 7) is 6.98. The summed E-state index contributed by atoms with van der Waals surface area (Å²) in [7, 11) is 1.72. The van der Waals surface area contributed by atoms with E-state index in [1.54, 1.807) is 7.11 Å². The summed E-state index contributed by atoms with van der Waals surface area (Å²) in [5.41, 5.74) is 2.84. The number of rotatable bonds is 5. The number of nitrogens with one attached hydrogen (secondary N) is 2. The zero-order valence-corrected chi connectivity index (χ0v) is 11.1. The molecular formula is C13H23N3O. The van der Waals surface area contributed by atoms with E-state index < -0.39 is 0 Å². The molecule has 0 spiro atoms. The largest absolute Gasteiger partial charge is 0.383 e. The van der Waals surface area contributed by atoms with E-state index in [0.717, 1.165) is 31.9 Å².